The fourth-order valence-electron chi connectivity index (χ4n) is 1.37. The smallest absolute Gasteiger partial charge is 0.338 e. The molecular weight excluding hydrogens is 220 g/mol. The summed E-state index contributed by atoms with van der Waals surface area (Å²) in [7, 11) is 3.74. The first-order chi connectivity index (χ1) is 7.91. The number of aliphatic hydroxyl groups excluding tert-OH is 1. The van der Waals surface area contributed by atoms with Crippen molar-refractivity contribution in [1.82, 2.24) is 0 Å². The van der Waals surface area contributed by atoms with Crippen molar-refractivity contribution in [2.45, 2.75) is 13.0 Å². The Kier molecular flexibility index (Phi) is 4.34. The van der Waals surface area contributed by atoms with Gasteiger partial charge in [0, 0.05) is 14.1 Å². The number of anilines is 2. The number of benzene rings is 1. The molecule has 1 atom stereocenters. The largest absolute Gasteiger partial charge is 0.459 e. The maximum absolute atomic E-state index is 11.6. The minimum atomic E-state index is -0.669. The second kappa shape index (κ2) is 5.54. The summed E-state index contributed by atoms with van der Waals surface area (Å²) >= 11 is 0. The molecule has 3 N–H and O–H groups in total. The Bertz CT molecular complexity index is 403. The van der Waals surface area contributed by atoms with E-state index < -0.39 is 12.1 Å². The normalized spacial score (nSPS) is 12.0. The predicted molar refractivity (Wildman–Crippen MR) is 67.1 cm³/mol. The molecule has 0 heterocycles. The van der Waals surface area contributed by atoms with E-state index >= 15 is 0 Å². The molecule has 94 valence electrons. The Labute approximate surface area is 101 Å². The molecule has 0 fully saturated rings. The third-order valence-corrected chi connectivity index (χ3v) is 2.20. The minimum absolute atomic E-state index is 0.0197. The van der Waals surface area contributed by atoms with Crippen molar-refractivity contribution in [3.05, 3.63) is 23.8 Å². The van der Waals surface area contributed by atoms with Gasteiger partial charge in [0.25, 0.3) is 0 Å². The van der Waals surface area contributed by atoms with Crippen molar-refractivity contribution >= 4 is 17.3 Å². The van der Waals surface area contributed by atoms with Crippen LogP contribution in [0.1, 0.15) is 17.3 Å². The lowest BCUT2D eigenvalue weighted by Gasteiger charge is -2.15. The summed E-state index contributed by atoms with van der Waals surface area (Å²) in [6, 6.07) is 4.98. The summed E-state index contributed by atoms with van der Waals surface area (Å²) in [5.41, 5.74) is 7.56. The number of esters is 1. The number of nitrogens with zero attached hydrogens (tertiary/aromatic N) is 1. The number of nitrogen functional groups attached to an aromatic ring is 1. The molecule has 0 saturated heterocycles. The van der Waals surface area contributed by atoms with E-state index in [1.807, 2.05) is 19.0 Å². The summed E-state index contributed by atoms with van der Waals surface area (Å²) in [6.45, 7) is 1.53. The van der Waals surface area contributed by atoms with Gasteiger partial charge in [-0.15, -0.1) is 0 Å². The highest BCUT2D eigenvalue weighted by atomic mass is 16.5. The zero-order chi connectivity index (χ0) is 13.0. The molecular formula is C12H18N2O3. The number of rotatable bonds is 4. The van der Waals surface area contributed by atoms with Crippen molar-refractivity contribution in [2.75, 3.05) is 31.3 Å². The van der Waals surface area contributed by atoms with Gasteiger partial charge >= 0.3 is 5.97 Å². The molecule has 0 spiro atoms. The van der Waals surface area contributed by atoms with E-state index in [0.29, 0.717) is 11.3 Å². The third kappa shape index (κ3) is 3.64. The summed E-state index contributed by atoms with van der Waals surface area (Å²) in [5.74, 6) is -0.483. The van der Waals surface area contributed by atoms with Crippen LogP contribution in [0.15, 0.2) is 18.2 Å². The van der Waals surface area contributed by atoms with Crippen LogP contribution in [0.4, 0.5) is 11.4 Å². The van der Waals surface area contributed by atoms with Crippen LogP contribution in [0.25, 0.3) is 0 Å². The molecule has 1 aromatic rings. The van der Waals surface area contributed by atoms with Crippen molar-refractivity contribution < 1.29 is 14.6 Å². The second-order valence-electron chi connectivity index (χ2n) is 4.12. The molecule has 0 amide bonds. The van der Waals surface area contributed by atoms with Gasteiger partial charge in [0.15, 0.2) is 0 Å². The summed E-state index contributed by atoms with van der Waals surface area (Å²) < 4.78 is 4.89. The Morgan fingerprint density at radius 3 is 2.65 bits per heavy atom. The van der Waals surface area contributed by atoms with E-state index in [1.54, 1.807) is 25.1 Å². The molecule has 5 nitrogen and oxygen atoms in total. The van der Waals surface area contributed by atoms with Crippen LogP contribution in [0.3, 0.4) is 0 Å². The Morgan fingerprint density at radius 2 is 2.18 bits per heavy atom. The van der Waals surface area contributed by atoms with Gasteiger partial charge in [0.2, 0.25) is 0 Å². The highest BCUT2D eigenvalue weighted by molar-refractivity contribution is 5.92. The Hall–Kier alpha value is -1.75. The standard InChI is InChI=1S/C12H18N2O3/c1-8(15)7-17-12(16)9-4-5-11(14(2)3)10(13)6-9/h4-6,8,15H,7,13H2,1-3H3. The number of nitrogens with two attached hydrogens (primary N) is 1. The molecule has 17 heavy (non-hydrogen) atoms. The van der Waals surface area contributed by atoms with E-state index in [1.165, 1.54) is 0 Å². The number of carbonyl (C=O) groups excluding carboxylic acids is 1. The van der Waals surface area contributed by atoms with Crippen molar-refractivity contribution in [3.63, 3.8) is 0 Å². The van der Waals surface area contributed by atoms with Crippen LogP contribution in [0.5, 0.6) is 0 Å². The first kappa shape index (κ1) is 13.3. The zero-order valence-electron chi connectivity index (χ0n) is 10.3. The molecule has 0 aromatic heterocycles. The molecule has 5 heteroatoms. The number of carbonyl (C=O) groups is 1. The average Bonchev–Trinajstić information content (AvgIpc) is 2.25. The van der Waals surface area contributed by atoms with Gasteiger partial charge < -0.3 is 20.5 Å². The van der Waals surface area contributed by atoms with Crippen molar-refractivity contribution in [2.24, 2.45) is 0 Å². The van der Waals surface area contributed by atoms with Crippen molar-refractivity contribution in [3.8, 4) is 0 Å². The second-order valence-corrected chi connectivity index (χ2v) is 4.12. The third-order valence-electron chi connectivity index (χ3n) is 2.20. The maximum atomic E-state index is 11.6. The monoisotopic (exact) mass is 238 g/mol. The van der Waals surface area contributed by atoms with E-state index in [0.717, 1.165) is 5.69 Å². The quantitative estimate of drug-likeness (QED) is 0.601. The SMILES string of the molecule is CC(O)COC(=O)c1ccc(N(C)C)c(N)c1. The van der Waals surface area contributed by atoms with Gasteiger partial charge in [-0.2, -0.15) is 0 Å². The number of hydrogen-bond donors (Lipinski definition) is 2. The number of hydrogen-bond acceptors (Lipinski definition) is 5. The minimum Gasteiger partial charge on any atom is -0.459 e. The maximum Gasteiger partial charge on any atom is 0.338 e. The fraction of sp³-hybridized carbons (Fsp3) is 0.417. The lowest BCUT2D eigenvalue weighted by molar-refractivity contribution is 0.0296. The van der Waals surface area contributed by atoms with Gasteiger partial charge in [0.05, 0.1) is 23.0 Å². The molecule has 0 aliphatic rings. The molecule has 0 aliphatic carbocycles. The topological polar surface area (TPSA) is 75.8 Å². The van der Waals surface area contributed by atoms with Crippen LogP contribution in [-0.2, 0) is 4.74 Å². The fourth-order valence-corrected chi connectivity index (χ4v) is 1.37. The van der Waals surface area contributed by atoms with Crippen LogP contribution in [0, 0.1) is 0 Å². The van der Waals surface area contributed by atoms with Gasteiger partial charge in [-0.1, -0.05) is 0 Å². The Morgan fingerprint density at radius 1 is 1.53 bits per heavy atom. The predicted octanol–water partition coefficient (Wildman–Crippen LogP) is 0.872. The van der Waals surface area contributed by atoms with Crippen LogP contribution in [-0.4, -0.2) is 37.9 Å². The molecule has 0 aliphatic heterocycles. The first-order valence-electron chi connectivity index (χ1n) is 5.34. The lowest BCUT2D eigenvalue weighted by atomic mass is 10.1. The van der Waals surface area contributed by atoms with Gasteiger partial charge in [-0.3, -0.25) is 0 Å². The highest BCUT2D eigenvalue weighted by Gasteiger charge is 2.11. The van der Waals surface area contributed by atoms with Gasteiger partial charge in [0.1, 0.15) is 6.61 Å². The number of aliphatic hydroxyl groups is 1. The molecule has 1 unspecified atom stereocenters. The summed E-state index contributed by atoms with van der Waals surface area (Å²) in [6.07, 6.45) is -0.669. The van der Waals surface area contributed by atoms with E-state index in [9.17, 15) is 4.79 Å². The zero-order valence-corrected chi connectivity index (χ0v) is 10.3. The molecule has 0 saturated carbocycles. The summed E-state index contributed by atoms with van der Waals surface area (Å²) in [5, 5.41) is 9.01. The van der Waals surface area contributed by atoms with Gasteiger partial charge in [-0.05, 0) is 25.1 Å². The molecule has 0 bridgehead atoms. The molecule has 0 radical (unpaired) electrons. The first-order valence-corrected chi connectivity index (χ1v) is 5.34. The van der Waals surface area contributed by atoms with E-state index in [-0.39, 0.29) is 6.61 Å². The van der Waals surface area contributed by atoms with E-state index in [2.05, 4.69) is 0 Å². The lowest BCUT2D eigenvalue weighted by Crippen LogP contribution is -2.16. The average molecular weight is 238 g/mol. The van der Waals surface area contributed by atoms with Crippen LogP contribution < -0.4 is 10.6 Å². The highest BCUT2D eigenvalue weighted by Crippen LogP contribution is 2.22. The summed E-state index contributed by atoms with van der Waals surface area (Å²) in [4.78, 5) is 13.4. The van der Waals surface area contributed by atoms with Gasteiger partial charge in [-0.25, -0.2) is 4.79 Å². The van der Waals surface area contributed by atoms with Crippen molar-refractivity contribution in [1.29, 1.82) is 0 Å². The molecule has 1 rings (SSSR count). The molecule has 1 aromatic carbocycles. The van der Waals surface area contributed by atoms with Crippen LogP contribution in [0.2, 0.25) is 0 Å². The Balaban J connectivity index is 2.79. The van der Waals surface area contributed by atoms with Crippen LogP contribution >= 0.6 is 0 Å². The van der Waals surface area contributed by atoms with E-state index in [4.69, 9.17) is 15.6 Å². The number of ether oxygens (including phenoxy) is 1.